The monoisotopic (exact) mass is 241 g/mol. The highest BCUT2D eigenvalue weighted by atomic mass is 16.5. The van der Waals surface area contributed by atoms with Crippen molar-refractivity contribution in [1.82, 2.24) is 10.6 Å². The molecule has 0 aliphatic heterocycles. The van der Waals surface area contributed by atoms with E-state index in [9.17, 15) is 0 Å². The third kappa shape index (κ3) is 2.57. The maximum absolute atomic E-state index is 5.85. The van der Waals surface area contributed by atoms with Gasteiger partial charge in [0.25, 0.3) is 0 Å². The number of nitrogens with one attached hydrogen (secondary N) is 2. The van der Waals surface area contributed by atoms with Crippen molar-refractivity contribution >= 4 is 5.96 Å². The fraction of sp³-hybridized carbons (Fsp3) is 0.923. The average Bonchev–Trinajstić information content (AvgIpc) is 2.35. The van der Waals surface area contributed by atoms with Crippen LogP contribution in [0, 0.1) is 5.41 Å². The van der Waals surface area contributed by atoms with E-state index in [1.54, 1.807) is 7.05 Å². The van der Waals surface area contributed by atoms with Gasteiger partial charge >= 0.3 is 0 Å². The van der Waals surface area contributed by atoms with E-state index >= 15 is 0 Å². The molecule has 2 N–H and O–H groups in total. The van der Waals surface area contributed by atoms with Gasteiger partial charge in [0, 0.05) is 32.2 Å². The maximum Gasteiger partial charge on any atom is 0.190 e. The molecule has 0 bridgehead atoms. The highest BCUT2D eigenvalue weighted by Gasteiger charge is 2.53. The van der Waals surface area contributed by atoms with Gasteiger partial charge in [-0.1, -0.05) is 13.8 Å². The Morgan fingerprint density at radius 2 is 2.00 bits per heavy atom. The van der Waals surface area contributed by atoms with Gasteiger partial charge in [-0.3, -0.25) is 4.99 Å². The molecule has 17 heavy (non-hydrogen) atoms. The molecule has 0 aromatic carbocycles. The van der Waals surface area contributed by atoms with Crippen LogP contribution in [0.5, 0.6) is 0 Å². The molecule has 0 amide bonds. The van der Waals surface area contributed by atoms with Gasteiger partial charge in [0.2, 0.25) is 0 Å². The van der Waals surface area contributed by atoms with Gasteiger partial charge in [0.1, 0.15) is 0 Å². The van der Waals surface area contributed by atoms with Crippen molar-refractivity contribution < 1.29 is 4.74 Å². The second kappa shape index (κ2) is 6.24. The van der Waals surface area contributed by atoms with Crippen LogP contribution in [-0.2, 0) is 4.74 Å². The predicted octanol–water partition coefficient (Wildman–Crippen LogP) is 1.76. The molecule has 1 rings (SSSR count). The molecular formula is C13H27N3O. The number of ether oxygens (including phenoxy) is 1. The number of rotatable bonds is 5. The van der Waals surface area contributed by atoms with Crippen LogP contribution >= 0.6 is 0 Å². The lowest BCUT2D eigenvalue weighted by atomic mass is 9.58. The second-order valence-corrected chi connectivity index (χ2v) is 4.64. The lowest BCUT2D eigenvalue weighted by Crippen LogP contribution is -2.65. The summed E-state index contributed by atoms with van der Waals surface area (Å²) >= 11 is 0. The van der Waals surface area contributed by atoms with Gasteiger partial charge in [0.15, 0.2) is 5.96 Å². The summed E-state index contributed by atoms with van der Waals surface area (Å²) in [5.41, 5.74) is 0.267. The van der Waals surface area contributed by atoms with Crippen molar-refractivity contribution in [3.8, 4) is 0 Å². The third-order valence-corrected chi connectivity index (χ3v) is 4.24. The molecule has 0 aromatic heterocycles. The maximum atomic E-state index is 5.85. The quantitative estimate of drug-likeness (QED) is 0.569. The summed E-state index contributed by atoms with van der Waals surface area (Å²) in [6, 6.07) is 0.472. The molecule has 1 aliphatic rings. The molecule has 4 nitrogen and oxygen atoms in total. The van der Waals surface area contributed by atoms with E-state index in [-0.39, 0.29) is 5.41 Å². The summed E-state index contributed by atoms with van der Waals surface area (Å²) in [6.45, 7) is 7.39. The first-order chi connectivity index (χ1) is 8.18. The highest BCUT2D eigenvalue weighted by Crippen LogP contribution is 2.48. The molecule has 1 fully saturated rings. The van der Waals surface area contributed by atoms with Crippen molar-refractivity contribution in [2.75, 3.05) is 20.7 Å². The Morgan fingerprint density at radius 1 is 1.35 bits per heavy atom. The van der Waals surface area contributed by atoms with E-state index in [1.807, 2.05) is 7.05 Å². The number of hydrogen-bond acceptors (Lipinski definition) is 2. The summed E-state index contributed by atoms with van der Waals surface area (Å²) in [5.74, 6) is 0.872. The molecule has 1 aliphatic carbocycles. The van der Waals surface area contributed by atoms with Crippen molar-refractivity contribution in [1.29, 1.82) is 0 Å². The minimum Gasteiger partial charge on any atom is -0.378 e. The summed E-state index contributed by atoms with van der Waals surface area (Å²) < 4.78 is 5.85. The number of guanidine groups is 1. The molecule has 0 spiro atoms. The van der Waals surface area contributed by atoms with Gasteiger partial charge in [-0.25, -0.2) is 0 Å². The molecule has 100 valence electrons. The normalized spacial score (nSPS) is 27.5. The Labute approximate surface area is 105 Å². The Kier molecular flexibility index (Phi) is 5.25. The van der Waals surface area contributed by atoms with E-state index in [4.69, 9.17) is 4.74 Å². The molecule has 2 unspecified atom stereocenters. The molecule has 0 heterocycles. The number of hydrogen-bond donors (Lipinski definition) is 2. The van der Waals surface area contributed by atoms with Crippen molar-refractivity contribution in [2.45, 2.75) is 52.2 Å². The van der Waals surface area contributed by atoms with Crippen molar-refractivity contribution in [3.05, 3.63) is 0 Å². The standard InChI is InChI=1S/C13H27N3O/c1-6-13(7-2)10(9-11(13)17-8-3)16-12(14-4)15-5/h10-11H,6-9H2,1-5H3,(H2,14,15,16). The topological polar surface area (TPSA) is 45.6 Å². The minimum absolute atomic E-state index is 0.267. The van der Waals surface area contributed by atoms with Crippen molar-refractivity contribution in [3.63, 3.8) is 0 Å². The van der Waals surface area contributed by atoms with Gasteiger partial charge < -0.3 is 15.4 Å². The van der Waals surface area contributed by atoms with E-state index in [1.165, 1.54) is 0 Å². The first-order valence-electron chi connectivity index (χ1n) is 6.71. The third-order valence-electron chi connectivity index (χ3n) is 4.24. The fourth-order valence-corrected chi connectivity index (χ4v) is 3.00. The van der Waals surface area contributed by atoms with Crippen LogP contribution in [0.4, 0.5) is 0 Å². The summed E-state index contributed by atoms with van der Waals surface area (Å²) in [7, 11) is 3.70. The predicted molar refractivity (Wildman–Crippen MR) is 72.4 cm³/mol. The average molecular weight is 241 g/mol. The van der Waals surface area contributed by atoms with E-state index in [2.05, 4.69) is 36.4 Å². The molecule has 0 aromatic rings. The summed E-state index contributed by atoms with van der Waals surface area (Å²) in [4.78, 5) is 4.19. The van der Waals surface area contributed by atoms with Crippen LogP contribution in [0.25, 0.3) is 0 Å². The smallest absolute Gasteiger partial charge is 0.190 e. The zero-order valence-electron chi connectivity index (χ0n) is 11.8. The summed E-state index contributed by atoms with van der Waals surface area (Å²) in [6.07, 6.45) is 3.77. The van der Waals surface area contributed by atoms with Crippen molar-refractivity contribution in [2.24, 2.45) is 10.4 Å². The first kappa shape index (κ1) is 14.3. The van der Waals surface area contributed by atoms with E-state index in [0.29, 0.717) is 12.1 Å². The number of aliphatic imine (C=N–C) groups is 1. The van der Waals surface area contributed by atoms with Gasteiger partial charge in [-0.2, -0.15) is 0 Å². The Bertz CT molecular complexity index is 261. The van der Waals surface area contributed by atoms with Gasteiger partial charge in [-0.05, 0) is 26.2 Å². The van der Waals surface area contributed by atoms with Crippen LogP contribution in [0.2, 0.25) is 0 Å². The van der Waals surface area contributed by atoms with Crippen LogP contribution in [0.1, 0.15) is 40.0 Å². The minimum atomic E-state index is 0.267. The molecular weight excluding hydrogens is 214 g/mol. The van der Waals surface area contributed by atoms with Gasteiger partial charge in [0.05, 0.1) is 6.10 Å². The van der Waals surface area contributed by atoms with Gasteiger partial charge in [-0.15, -0.1) is 0 Å². The Balaban J connectivity index is 2.69. The van der Waals surface area contributed by atoms with Crippen LogP contribution in [-0.4, -0.2) is 38.8 Å². The molecule has 1 saturated carbocycles. The molecule has 0 radical (unpaired) electrons. The zero-order chi connectivity index (χ0) is 12.9. The molecule has 2 atom stereocenters. The lowest BCUT2D eigenvalue weighted by molar-refractivity contribution is -0.133. The fourth-order valence-electron chi connectivity index (χ4n) is 3.00. The molecule has 4 heteroatoms. The summed E-state index contributed by atoms with van der Waals surface area (Å²) in [5, 5.41) is 6.57. The van der Waals surface area contributed by atoms with Crippen LogP contribution in [0.15, 0.2) is 4.99 Å². The first-order valence-corrected chi connectivity index (χ1v) is 6.71. The SMILES string of the molecule is CCOC1CC(NC(=NC)NC)C1(CC)CC. The lowest BCUT2D eigenvalue weighted by Gasteiger charge is -2.55. The Hall–Kier alpha value is -0.770. The second-order valence-electron chi connectivity index (χ2n) is 4.64. The van der Waals surface area contributed by atoms with E-state index in [0.717, 1.165) is 31.8 Å². The molecule has 0 saturated heterocycles. The highest BCUT2D eigenvalue weighted by molar-refractivity contribution is 5.79. The van der Waals surface area contributed by atoms with Crippen LogP contribution < -0.4 is 10.6 Å². The number of nitrogens with zero attached hydrogens (tertiary/aromatic N) is 1. The largest absolute Gasteiger partial charge is 0.378 e. The zero-order valence-corrected chi connectivity index (χ0v) is 11.8. The van der Waals surface area contributed by atoms with E-state index < -0.39 is 0 Å². The Morgan fingerprint density at radius 3 is 2.41 bits per heavy atom. The van der Waals surface area contributed by atoms with Crippen LogP contribution in [0.3, 0.4) is 0 Å².